The number of benzene rings is 2. The van der Waals surface area contributed by atoms with Crippen LogP contribution in [-0.4, -0.2) is 105 Å². The number of nitrogens with zero attached hydrogens (tertiary/aromatic N) is 4. The average Bonchev–Trinajstić information content (AvgIpc) is 3.80. The Kier molecular flexibility index (Phi) is 20.8. The van der Waals surface area contributed by atoms with Crippen molar-refractivity contribution in [1.82, 2.24) is 24.8 Å². The largest absolute Gasteiger partial charge is 0.778 e. The third kappa shape index (κ3) is 17.3. The number of carbonyl (C=O) groups excluding carboxylic acids is 2. The number of aromatic nitrogens is 4. The quantitative estimate of drug-likeness (QED) is 0.0371. The number of nitrogens with one attached hydrogen (secondary N) is 1. The highest BCUT2D eigenvalue weighted by atomic mass is 35.5. The summed E-state index contributed by atoms with van der Waals surface area (Å²) in [7, 11) is -7.75. The van der Waals surface area contributed by atoms with Gasteiger partial charge in [-0.15, -0.1) is 16.7 Å². The summed E-state index contributed by atoms with van der Waals surface area (Å²) in [5, 5.41) is 16.0. The molecular weight excluding hydrogens is 974 g/mol. The Balaban J connectivity index is 0.000000342. The Hall–Kier alpha value is -4.23. The molecule has 1 aliphatic rings. The third-order valence-corrected chi connectivity index (χ3v) is 10.2. The molecule has 0 spiro atoms. The Morgan fingerprint density at radius 2 is 1.73 bits per heavy atom. The van der Waals surface area contributed by atoms with Crippen LogP contribution in [0.4, 0.5) is 26.3 Å². The Labute approximate surface area is 374 Å². The number of aliphatic carboxylic acids is 1. The maximum atomic E-state index is 14.2. The van der Waals surface area contributed by atoms with E-state index in [1.165, 1.54) is 13.1 Å². The lowest BCUT2D eigenvalue weighted by atomic mass is 10.0. The lowest BCUT2D eigenvalue weighted by Crippen LogP contribution is -2.25. The molecule has 2 aromatic heterocycles. The van der Waals surface area contributed by atoms with Crippen LogP contribution < -0.4 is 15.9 Å². The molecule has 1 fully saturated rings. The van der Waals surface area contributed by atoms with Gasteiger partial charge in [0.2, 0.25) is 0 Å². The number of hydrogen-bond donors (Lipinski definition) is 3. The van der Waals surface area contributed by atoms with Crippen molar-refractivity contribution in [3.63, 3.8) is 0 Å². The van der Waals surface area contributed by atoms with Gasteiger partial charge in [0.05, 0.1) is 60.4 Å². The van der Waals surface area contributed by atoms with Gasteiger partial charge >= 0.3 is 30.4 Å². The van der Waals surface area contributed by atoms with Crippen LogP contribution in [0.3, 0.4) is 0 Å². The molecule has 0 aliphatic heterocycles. The average molecular weight is 1020 g/mol. The summed E-state index contributed by atoms with van der Waals surface area (Å²) in [6.07, 6.45) is 4.61. The van der Waals surface area contributed by atoms with Gasteiger partial charge in [-0.1, -0.05) is 16.8 Å². The van der Waals surface area contributed by atoms with Crippen LogP contribution in [0.15, 0.2) is 50.7 Å². The van der Waals surface area contributed by atoms with E-state index in [4.69, 9.17) is 42.5 Å². The first-order chi connectivity index (χ1) is 29.4. The number of sulfone groups is 1. The van der Waals surface area contributed by atoms with Gasteiger partial charge in [0.1, 0.15) is 24.5 Å². The summed E-state index contributed by atoms with van der Waals surface area (Å²) in [5.41, 5.74) is -2.74. The molecule has 64 heavy (non-hydrogen) atoms. The van der Waals surface area contributed by atoms with E-state index in [-0.39, 0.29) is 56.7 Å². The third-order valence-electron chi connectivity index (χ3n) is 7.79. The van der Waals surface area contributed by atoms with Crippen molar-refractivity contribution in [2.75, 3.05) is 44.5 Å². The van der Waals surface area contributed by atoms with E-state index in [2.05, 4.69) is 29.0 Å². The SMILES string of the molecule is CCOC(=O)C(Cl)Cc1cc(-n2nc(C)n(C(F)F)c2=O)c(F)cc1Cl.CS(=O)(=O)c1cc(C(F)(F)F)ccc1C(=O)c1cnoc1C1CC1.C[S+](C)C.O=C(O)CNCP(=O)([O-])O. The molecule has 17 nitrogen and oxygen atoms in total. The topological polar surface area (TPSA) is 253 Å². The molecule has 0 bridgehead atoms. The lowest BCUT2D eigenvalue weighted by Gasteiger charge is -2.14. The van der Waals surface area contributed by atoms with E-state index in [0.717, 1.165) is 37.3 Å². The maximum absolute atomic E-state index is 14.2. The van der Waals surface area contributed by atoms with Gasteiger partial charge in [-0.3, -0.25) is 19.7 Å². The normalized spacial score (nSPS) is 14.0. The molecule has 2 aromatic carbocycles. The molecule has 2 unspecified atom stereocenters. The monoisotopic (exact) mass is 1020 g/mol. The van der Waals surface area contributed by atoms with Crippen molar-refractivity contribution in [2.45, 2.75) is 62.0 Å². The molecule has 356 valence electrons. The van der Waals surface area contributed by atoms with E-state index < -0.39 is 88.1 Å². The minimum Gasteiger partial charge on any atom is -0.778 e. The molecule has 5 rings (SSSR count). The zero-order valence-corrected chi connectivity index (χ0v) is 38.5. The van der Waals surface area contributed by atoms with Gasteiger partial charge in [0, 0.05) is 29.2 Å². The number of carbonyl (C=O) groups is 3. The number of esters is 1. The van der Waals surface area contributed by atoms with E-state index in [1.54, 1.807) is 6.92 Å². The summed E-state index contributed by atoms with van der Waals surface area (Å²) in [6.45, 7) is -0.675. The summed E-state index contributed by atoms with van der Waals surface area (Å²) < 4.78 is 123. The van der Waals surface area contributed by atoms with Gasteiger partial charge in [-0.25, -0.2) is 22.2 Å². The second-order valence-corrected chi connectivity index (χ2v) is 20.7. The standard InChI is InChI=1S/C15H14Cl2F3N3O3.C15H12F3NO4S.C3H8NO5P.C3H9S/c1-3-26-13(24)10(17)4-8-5-12(11(18)6-9(8)16)23-15(25)22(14(19)20)7(2)21-23;1-24(21,22)12-6-9(15(16,17)18)4-5-10(12)13(20)11-7-19-23-14(11)8-2-3-8;5-3(6)1-4-2-10(7,8)9;1-4(2)3/h5-6,10,14H,3-4H2,1-2H3;4-8H,2-3H2,1H3;4H,1-2H2,(H,5,6)(H2,7,8,9);1-3H3/q;;;+1/p-1. The molecule has 28 heteroatoms. The molecule has 0 radical (unpaired) electrons. The van der Waals surface area contributed by atoms with E-state index >= 15 is 0 Å². The van der Waals surface area contributed by atoms with Crippen molar-refractivity contribution in [1.29, 1.82) is 0 Å². The highest BCUT2D eigenvalue weighted by Crippen LogP contribution is 2.42. The summed E-state index contributed by atoms with van der Waals surface area (Å²) in [4.78, 5) is 63.5. The Bertz CT molecular complexity index is 2490. The van der Waals surface area contributed by atoms with Crippen molar-refractivity contribution in [3.8, 4) is 5.69 Å². The second-order valence-electron chi connectivity index (χ2n) is 13.7. The number of ketones is 1. The zero-order chi connectivity index (χ0) is 49.1. The van der Waals surface area contributed by atoms with Crippen LogP contribution >= 0.6 is 30.8 Å². The highest BCUT2D eigenvalue weighted by Gasteiger charge is 2.36. The second kappa shape index (κ2) is 23.8. The summed E-state index contributed by atoms with van der Waals surface area (Å²) >= 11 is 11.9. The number of alkyl halides is 6. The fraction of sp³-hybridized carbons (Fsp3) is 0.444. The number of carboxylic acid groups (broad SMARTS) is 1. The van der Waals surface area contributed by atoms with Crippen LogP contribution in [0, 0.1) is 12.7 Å². The molecule has 2 heterocycles. The Morgan fingerprint density at radius 3 is 2.20 bits per heavy atom. The van der Waals surface area contributed by atoms with Crippen LogP contribution in [0.1, 0.15) is 70.9 Å². The number of halogens is 8. The van der Waals surface area contributed by atoms with E-state index in [9.17, 15) is 63.4 Å². The van der Waals surface area contributed by atoms with Gasteiger partial charge < -0.3 is 28.7 Å². The van der Waals surface area contributed by atoms with Crippen molar-refractivity contribution < 1.29 is 77.9 Å². The van der Waals surface area contributed by atoms with Gasteiger partial charge in [0.15, 0.2) is 27.2 Å². The molecule has 4 aromatic rings. The first-order valence-electron chi connectivity index (χ1n) is 18.0. The summed E-state index contributed by atoms with van der Waals surface area (Å²) in [5.74, 6) is -3.42. The predicted octanol–water partition coefficient (Wildman–Crippen LogP) is 5.11. The minimum absolute atomic E-state index is 0.0424. The van der Waals surface area contributed by atoms with Crippen LogP contribution in [0.2, 0.25) is 5.02 Å². The Morgan fingerprint density at radius 1 is 1.14 bits per heavy atom. The fourth-order valence-electron chi connectivity index (χ4n) is 4.97. The highest BCUT2D eigenvalue weighted by molar-refractivity contribution is 7.94. The number of carboxylic acids is 1. The van der Waals surface area contributed by atoms with Crippen molar-refractivity contribution in [2.24, 2.45) is 0 Å². The molecular formula is C36H42Cl2F6N5O12PS2. The summed E-state index contributed by atoms with van der Waals surface area (Å²) in [6, 6.07) is 4.07. The molecule has 0 saturated heterocycles. The smallest absolute Gasteiger partial charge is 0.416 e. The zero-order valence-electron chi connectivity index (χ0n) is 34.5. The fourth-order valence-corrected chi connectivity index (χ4v) is 6.72. The lowest BCUT2D eigenvalue weighted by molar-refractivity contribution is -0.193. The van der Waals surface area contributed by atoms with Gasteiger partial charge in [-0.05, 0) is 73.5 Å². The number of ether oxygens (including phenoxy) is 1. The first kappa shape index (κ1) is 55.9. The van der Waals surface area contributed by atoms with Crippen LogP contribution in [-0.2, 0) is 52.2 Å². The van der Waals surface area contributed by atoms with E-state index in [1.807, 2.05) is 5.32 Å². The minimum atomic E-state index is -4.71. The molecule has 1 aliphatic carbocycles. The van der Waals surface area contributed by atoms with Crippen LogP contribution in [0.5, 0.6) is 0 Å². The van der Waals surface area contributed by atoms with E-state index in [0.29, 0.717) is 33.5 Å². The van der Waals surface area contributed by atoms with Crippen molar-refractivity contribution >= 4 is 69.3 Å². The molecule has 3 N–H and O–H groups in total. The first-order valence-corrected chi connectivity index (χ1v) is 24.9. The number of hydrogen-bond acceptors (Lipinski definition) is 13. The van der Waals surface area contributed by atoms with Gasteiger partial charge in [-0.2, -0.15) is 26.6 Å². The molecule has 1 saturated carbocycles. The number of aryl methyl sites for hydroxylation is 1. The number of rotatable bonds is 14. The predicted molar refractivity (Wildman–Crippen MR) is 221 cm³/mol. The molecule has 2 atom stereocenters. The van der Waals surface area contributed by atoms with Crippen LogP contribution in [0.25, 0.3) is 5.69 Å². The maximum Gasteiger partial charge on any atom is 0.416 e. The molecule has 0 amide bonds. The van der Waals surface area contributed by atoms with Crippen molar-refractivity contribution in [3.05, 3.63) is 91.7 Å². The van der Waals surface area contributed by atoms with Gasteiger partial charge in [0.25, 0.3) is 0 Å².